The number of fused-ring (bicyclic) bond motifs is 1. The van der Waals surface area contributed by atoms with Crippen molar-refractivity contribution in [1.82, 2.24) is 25.4 Å². The van der Waals surface area contributed by atoms with Crippen molar-refractivity contribution in [3.8, 4) is 0 Å². The number of piperazine rings is 1. The standard InChI is InChI=1S/C28H35N5O4S/c34-24(9-6-19-4-2-1-3-5-19)32-17-21-7-8-23(33(21)25(35)18-32)27(37)31-22(16-20-10-12-29-13-11-20)26(36)28-30-14-15-38-28/h1-5,14-15,20-23,29H,6-13,16-18H2,(H,31,37)/t21-,22?,23?/m0/s1. The van der Waals surface area contributed by atoms with Gasteiger partial charge in [-0.15, -0.1) is 11.3 Å². The highest BCUT2D eigenvalue weighted by Gasteiger charge is 2.46. The van der Waals surface area contributed by atoms with E-state index in [9.17, 15) is 19.2 Å². The van der Waals surface area contributed by atoms with E-state index in [2.05, 4.69) is 15.6 Å². The number of ketones is 1. The van der Waals surface area contributed by atoms with Crippen molar-refractivity contribution in [3.63, 3.8) is 0 Å². The number of piperidine rings is 1. The van der Waals surface area contributed by atoms with Crippen molar-refractivity contribution in [3.05, 3.63) is 52.5 Å². The third-order valence-electron chi connectivity index (χ3n) is 7.98. The van der Waals surface area contributed by atoms with Gasteiger partial charge in [0.05, 0.1) is 18.6 Å². The zero-order valence-corrected chi connectivity index (χ0v) is 22.3. The monoisotopic (exact) mass is 537 g/mol. The second-order valence-corrected chi connectivity index (χ2v) is 11.4. The van der Waals surface area contributed by atoms with Crippen LogP contribution < -0.4 is 10.6 Å². The summed E-state index contributed by atoms with van der Waals surface area (Å²) in [6, 6.07) is 8.38. The lowest BCUT2D eigenvalue weighted by molar-refractivity contribution is -0.151. The first-order valence-electron chi connectivity index (χ1n) is 13.6. The number of Topliss-reactive ketones (excluding diaryl/α,β-unsaturated/α-hetero) is 1. The zero-order valence-electron chi connectivity index (χ0n) is 21.5. The van der Waals surface area contributed by atoms with Crippen LogP contribution in [0.5, 0.6) is 0 Å². The van der Waals surface area contributed by atoms with E-state index >= 15 is 0 Å². The molecule has 4 heterocycles. The average Bonchev–Trinajstić information content (AvgIpc) is 3.63. The van der Waals surface area contributed by atoms with Crippen molar-refractivity contribution < 1.29 is 19.2 Å². The lowest BCUT2D eigenvalue weighted by Crippen LogP contribution is -2.60. The van der Waals surface area contributed by atoms with E-state index in [1.807, 2.05) is 30.3 Å². The molecule has 2 aromatic rings. The molecule has 10 heteroatoms. The minimum atomic E-state index is -0.660. The van der Waals surface area contributed by atoms with Crippen molar-refractivity contribution in [2.45, 2.75) is 63.1 Å². The maximum Gasteiger partial charge on any atom is 0.243 e. The molecule has 5 rings (SSSR count). The summed E-state index contributed by atoms with van der Waals surface area (Å²) in [5.41, 5.74) is 1.09. The Kier molecular flexibility index (Phi) is 8.48. The van der Waals surface area contributed by atoms with Gasteiger partial charge in [0.2, 0.25) is 23.5 Å². The quantitative estimate of drug-likeness (QED) is 0.474. The lowest BCUT2D eigenvalue weighted by Gasteiger charge is -2.39. The van der Waals surface area contributed by atoms with E-state index in [1.165, 1.54) is 11.3 Å². The predicted molar refractivity (Wildman–Crippen MR) is 144 cm³/mol. The number of nitrogens with zero attached hydrogens (tertiary/aromatic N) is 3. The van der Waals surface area contributed by atoms with Gasteiger partial charge >= 0.3 is 0 Å². The zero-order chi connectivity index (χ0) is 26.5. The van der Waals surface area contributed by atoms with Crippen LogP contribution in [0.3, 0.4) is 0 Å². The Morgan fingerprint density at radius 3 is 2.63 bits per heavy atom. The molecule has 3 aliphatic rings. The lowest BCUT2D eigenvalue weighted by atomic mass is 9.89. The number of nitrogens with one attached hydrogen (secondary N) is 2. The highest BCUT2D eigenvalue weighted by atomic mass is 32.1. The maximum atomic E-state index is 13.5. The summed E-state index contributed by atoms with van der Waals surface area (Å²) in [5.74, 6) is -0.344. The molecule has 0 saturated carbocycles. The number of carbonyl (C=O) groups is 4. The van der Waals surface area contributed by atoms with Crippen molar-refractivity contribution in [2.75, 3.05) is 26.2 Å². The van der Waals surface area contributed by atoms with E-state index in [0.29, 0.717) is 49.6 Å². The Morgan fingerprint density at radius 2 is 1.89 bits per heavy atom. The number of benzene rings is 1. The number of rotatable bonds is 9. The molecule has 0 aliphatic carbocycles. The van der Waals surface area contributed by atoms with Gasteiger partial charge in [-0.05, 0) is 63.1 Å². The molecule has 2 N–H and O–H groups in total. The first-order chi connectivity index (χ1) is 18.5. The molecular formula is C28H35N5O4S. The van der Waals surface area contributed by atoms with Crippen LogP contribution in [-0.2, 0) is 20.8 Å². The summed E-state index contributed by atoms with van der Waals surface area (Å²) >= 11 is 1.28. The molecule has 1 aromatic heterocycles. The summed E-state index contributed by atoms with van der Waals surface area (Å²) in [6.45, 7) is 2.25. The van der Waals surface area contributed by atoms with E-state index in [-0.39, 0.29) is 36.1 Å². The fourth-order valence-corrected chi connectivity index (χ4v) is 6.58. The molecule has 2 unspecified atom stereocenters. The summed E-state index contributed by atoms with van der Waals surface area (Å²) < 4.78 is 0. The Hall–Kier alpha value is -3.11. The van der Waals surface area contributed by atoms with E-state index < -0.39 is 12.1 Å². The van der Waals surface area contributed by atoms with Gasteiger partial charge < -0.3 is 20.4 Å². The fourth-order valence-electron chi connectivity index (χ4n) is 5.95. The van der Waals surface area contributed by atoms with Crippen molar-refractivity contribution in [2.24, 2.45) is 5.92 Å². The van der Waals surface area contributed by atoms with Gasteiger partial charge in [0, 0.05) is 24.5 Å². The van der Waals surface area contributed by atoms with Crippen molar-refractivity contribution in [1.29, 1.82) is 0 Å². The number of carbonyl (C=O) groups excluding carboxylic acids is 4. The molecule has 9 nitrogen and oxygen atoms in total. The second-order valence-electron chi connectivity index (χ2n) is 10.5. The molecule has 202 valence electrons. The maximum absolute atomic E-state index is 13.5. The van der Waals surface area contributed by atoms with Gasteiger partial charge in [0.1, 0.15) is 6.04 Å². The van der Waals surface area contributed by atoms with Crippen LogP contribution in [0.4, 0.5) is 0 Å². The molecule has 0 radical (unpaired) electrons. The van der Waals surface area contributed by atoms with Crippen LogP contribution in [0, 0.1) is 5.92 Å². The van der Waals surface area contributed by atoms with E-state index in [1.54, 1.807) is 21.4 Å². The summed E-state index contributed by atoms with van der Waals surface area (Å²) in [5, 5.41) is 8.50. The summed E-state index contributed by atoms with van der Waals surface area (Å²) in [4.78, 5) is 60.2. The Bertz CT molecular complexity index is 1140. The number of amides is 3. The molecule has 3 amide bonds. The van der Waals surface area contributed by atoms with Gasteiger partial charge in [-0.2, -0.15) is 0 Å². The number of hydrogen-bond acceptors (Lipinski definition) is 7. The van der Waals surface area contributed by atoms with Gasteiger partial charge in [-0.1, -0.05) is 30.3 Å². The van der Waals surface area contributed by atoms with Crippen LogP contribution in [0.15, 0.2) is 41.9 Å². The molecule has 3 fully saturated rings. The SMILES string of the molecule is O=C(c1nccs1)C(CC1CCNCC1)NC(=O)C1CC[C@H]2CN(C(=O)CCc3ccccc3)CC(=O)N12. The molecule has 3 saturated heterocycles. The fraction of sp³-hybridized carbons (Fsp3) is 0.536. The highest BCUT2D eigenvalue weighted by Crippen LogP contribution is 2.29. The topological polar surface area (TPSA) is 112 Å². The summed E-state index contributed by atoms with van der Waals surface area (Å²) in [7, 11) is 0. The normalized spacial score (nSPS) is 22.7. The van der Waals surface area contributed by atoms with E-state index in [0.717, 1.165) is 31.5 Å². The molecule has 3 aliphatic heterocycles. The van der Waals surface area contributed by atoms with Crippen LogP contribution >= 0.6 is 11.3 Å². The minimum absolute atomic E-state index is 0.00947. The Morgan fingerprint density at radius 1 is 1.11 bits per heavy atom. The van der Waals surface area contributed by atoms with Crippen molar-refractivity contribution >= 4 is 34.8 Å². The van der Waals surface area contributed by atoms with E-state index in [4.69, 9.17) is 0 Å². The number of aromatic nitrogens is 1. The Balaban J connectivity index is 1.20. The number of thiazole rings is 1. The van der Waals surface area contributed by atoms with Gasteiger partial charge in [-0.25, -0.2) is 4.98 Å². The van der Waals surface area contributed by atoms with Crippen LogP contribution in [0.25, 0.3) is 0 Å². The first-order valence-corrected chi connectivity index (χ1v) is 14.4. The molecule has 0 bridgehead atoms. The third kappa shape index (κ3) is 6.13. The highest BCUT2D eigenvalue weighted by molar-refractivity contribution is 7.11. The van der Waals surface area contributed by atoms with Gasteiger partial charge in [0.25, 0.3) is 0 Å². The molecule has 0 spiro atoms. The van der Waals surface area contributed by atoms with Gasteiger partial charge in [0.15, 0.2) is 5.01 Å². The summed E-state index contributed by atoms with van der Waals surface area (Å²) in [6.07, 6.45) is 6.26. The molecule has 38 heavy (non-hydrogen) atoms. The van der Waals surface area contributed by atoms with Crippen LogP contribution in [0.1, 0.15) is 53.9 Å². The van der Waals surface area contributed by atoms with Crippen LogP contribution in [-0.4, -0.2) is 82.6 Å². The predicted octanol–water partition coefficient (Wildman–Crippen LogP) is 2.03. The third-order valence-corrected chi connectivity index (χ3v) is 8.76. The average molecular weight is 538 g/mol. The Labute approximate surface area is 227 Å². The molecular weight excluding hydrogens is 502 g/mol. The molecule has 1 aromatic carbocycles. The number of hydrogen-bond donors (Lipinski definition) is 2. The van der Waals surface area contributed by atoms with Gasteiger partial charge in [-0.3, -0.25) is 19.2 Å². The number of aryl methyl sites for hydroxylation is 1. The smallest absolute Gasteiger partial charge is 0.243 e. The molecule has 3 atom stereocenters. The largest absolute Gasteiger partial charge is 0.344 e. The first kappa shape index (κ1) is 26.5. The minimum Gasteiger partial charge on any atom is -0.344 e. The second kappa shape index (κ2) is 12.2. The van der Waals surface area contributed by atoms with Crippen LogP contribution in [0.2, 0.25) is 0 Å².